The van der Waals surface area contributed by atoms with E-state index >= 15 is 0 Å². The fraction of sp³-hybridized carbons (Fsp3) is 1.00. The van der Waals surface area contributed by atoms with Crippen LogP contribution in [0.3, 0.4) is 0 Å². The summed E-state index contributed by atoms with van der Waals surface area (Å²) < 4.78 is 10.2. The minimum absolute atomic E-state index is 0.105. The predicted molar refractivity (Wildman–Crippen MR) is 68.1 cm³/mol. The van der Waals surface area contributed by atoms with E-state index in [0.29, 0.717) is 0 Å². The van der Waals surface area contributed by atoms with Crippen LogP contribution >= 0.6 is 0 Å². The van der Waals surface area contributed by atoms with Crippen molar-refractivity contribution in [2.75, 3.05) is 20.3 Å². The Hall–Kier alpha value is -0.360. The summed E-state index contributed by atoms with van der Waals surface area (Å²) in [5.74, 6) is -0.991. The van der Waals surface area contributed by atoms with Crippen LogP contribution in [0.4, 0.5) is 0 Å². The molecule has 2 saturated heterocycles. The van der Waals surface area contributed by atoms with E-state index in [-0.39, 0.29) is 6.54 Å². The third-order valence-electron chi connectivity index (χ3n) is 4.23. The number of β-amino-alcohol motifs (C(OH)–C–C–N with tert-alkyl or cyclic N) is 1. The molecule has 0 aromatic carbocycles. The molecular formula is C12H23NO8. The molecule has 9 heteroatoms. The second-order valence-corrected chi connectivity index (χ2v) is 5.51. The van der Waals surface area contributed by atoms with Gasteiger partial charge < -0.3 is 45.4 Å². The largest absolute Gasteiger partial charge is 0.394 e. The second kappa shape index (κ2) is 6.82. The summed E-state index contributed by atoms with van der Waals surface area (Å²) in [5, 5.41) is 61.5. The Morgan fingerprint density at radius 3 is 2.38 bits per heavy atom. The number of aliphatic hydroxyl groups excluding tert-OH is 6. The van der Waals surface area contributed by atoms with Crippen LogP contribution in [-0.4, -0.2) is 99.9 Å². The van der Waals surface area contributed by atoms with Gasteiger partial charge in [-0.1, -0.05) is 0 Å². The van der Waals surface area contributed by atoms with Crippen LogP contribution in [0.5, 0.6) is 0 Å². The van der Waals surface area contributed by atoms with Crippen LogP contribution in [0, 0.1) is 5.92 Å². The van der Waals surface area contributed by atoms with Gasteiger partial charge in [-0.05, 0) is 0 Å². The molecule has 0 aromatic rings. The maximum absolute atomic E-state index is 10.4. The van der Waals surface area contributed by atoms with Gasteiger partial charge in [0.05, 0.1) is 37.1 Å². The molecule has 0 radical (unpaired) electrons. The Labute approximate surface area is 121 Å². The zero-order chi connectivity index (χ0) is 15.7. The van der Waals surface area contributed by atoms with Crippen molar-refractivity contribution in [1.29, 1.82) is 0 Å². The molecule has 0 spiro atoms. The Bertz CT molecular complexity index is 345. The first-order valence-corrected chi connectivity index (χ1v) is 6.85. The van der Waals surface area contributed by atoms with Crippen molar-refractivity contribution in [3.63, 3.8) is 0 Å². The average Bonchev–Trinajstić information content (AvgIpc) is 2.98. The molecule has 0 aliphatic carbocycles. The van der Waals surface area contributed by atoms with Gasteiger partial charge in [-0.25, -0.2) is 0 Å². The van der Waals surface area contributed by atoms with Gasteiger partial charge in [0.25, 0.3) is 0 Å². The molecule has 0 aromatic heterocycles. The van der Waals surface area contributed by atoms with Gasteiger partial charge in [0.15, 0.2) is 6.29 Å². The minimum Gasteiger partial charge on any atom is -0.394 e. The lowest BCUT2D eigenvalue weighted by atomic mass is 9.84. The van der Waals surface area contributed by atoms with Crippen LogP contribution in [-0.2, 0) is 9.47 Å². The molecule has 9 atom stereocenters. The monoisotopic (exact) mass is 309 g/mol. The zero-order valence-electron chi connectivity index (χ0n) is 11.6. The van der Waals surface area contributed by atoms with Crippen molar-refractivity contribution in [3.8, 4) is 0 Å². The summed E-state index contributed by atoms with van der Waals surface area (Å²) in [6.45, 7) is -0.506. The highest BCUT2D eigenvalue weighted by Crippen LogP contribution is 2.34. The van der Waals surface area contributed by atoms with Crippen molar-refractivity contribution in [2.24, 2.45) is 5.92 Å². The van der Waals surface area contributed by atoms with Gasteiger partial charge in [-0.3, -0.25) is 0 Å². The van der Waals surface area contributed by atoms with Crippen LogP contribution in [0.25, 0.3) is 0 Å². The third kappa shape index (κ3) is 3.07. The van der Waals surface area contributed by atoms with Crippen molar-refractivity contribution >= 4 is 0 Å². The standard InChI is InChI=1S/C12H23NO8/c1-20-12-10(19)6(11(21-12)5(16)3-14)9(18)7-8(17)4(15)2-13-7/h4-19H,2-3H2,1H3/t4-,5-,6-,7+,8-,9+,10-,11+,12-/m1/s1. The predicted octanol–water partition coefficient (Wildman–Crippen LogP) is -4.26. The summed E-state index contributed by atoms with van der Waals surface area (Å²) in [6.07, 6.45) is -8.22. The number of aliphatic hydroxyl groups is 6. The normalized spacial score (nSPS) is 46.7. The quantitative estimate of drug-likeness (QED) is 0.268. The summed E-state index contributed by atoms with van der Waals surface area (Å²) in [4.78, 5) is 0. The Morgan fingerprint density at radius 1 is 1.24 bits per heavy atom. The number of hydrogen-bond acceptors (Lipinski definition) is 9. The van der Waals surface area contributed by atoms with Gasteiger partial charge in [-0.15, -0.1) is 0 Å². The molecule has 2 aliphatic heterocycles. The highest BCUT2D eigenvalue weighted by Gasteiger charge is 2.53. The fourth-order valence-corrected chi connectivity index (χ4v) is 3.04. The SMILES string of the molecule is CO[C@@H]1O[C@@H]([C@H](O)CO)[C@H]([C@H](O)[C@H]2NC[C@@H](O)[C@H]2O)[C@H]1O. The van der Waals surface area contributed by atoms with E-state index in [1.165, 1.54) is 7.11 Å². The van der Waals surface area contributed by atoms with Crippen LogP contribution in [0.15, 0.2) is 0 Å². The number of ether oxygens (including phenoxy) is 2. The highest BCUT2D eigenvalue weighted by atomic mass is 16.7. The summed E-state index contributed by atoms with van der Waals surface area (Å²) in [7, 11) is 1.30. The molecule has 0 bridgehead atoms. The molecule has 9 nitrogen and oxygen atoms in total. The van der Waals surface area contributed by atoms with E-state index in [1.807, 2.05) is 0 Å². The third-order valence-corrected chi connectivity index (χ3v) is 4.23. The topological polar surface area (TPSA) is 152 Å². The average molecular weight is 309 g/mol. The van der Waals surface area contributed by atoms with Crippen molar-refractivity contribution in [3.05, 3.63) is 0 Å². The molecule has 2 rings (SSSR count). The van der Waals surface area contributed by atoms with E-state index in [4.69, 9.17) is 14.6 Å². The maximum atomic E-state index is 10.4. The van der Waals surface area contributed by atoms with Crippen LogP contribution in [0.2, 0.25) is 0 Å². The lowest BCUT2D eigenvalue weighted by Crippen LogP contribution is -2.53. The van der Waals surface area contributed by atoms with Crippen molar-refractivity contribution < 1.29 is 40.1 Å². The molecule has 21 heavy (non-hydrogen) atoms. The van der Waals surface area contributed by atoms with Gasteiger partial charge in [0.1, 0.15) is 12.2 Å². The smallest absolute Gasteiger partial charge is 0.184 e. The van der Waals surface area contributed by atoms with Crippen molar-refractivity contribution in [2.45, 2.75) is 49.0 Å². The maximum Gasteiger partial charge on any atom is 0.184 e. The first-order chi connectivity index (χ1) is 9.92. The molecule has 0 saturated carbocycles. The molecule has 2 fully saturated rings. The number of nitrogens with one attached hydrogen (secondary N) is 1. The number of methoxy groups -OCH3 is 1. The molecule has 7 N–H and O–H groups in total. The summed E-state index contributed by atoms with van der Waals surface area (Å²) in [5.41, 5.74) is 0. The highest BCUT2D eigenvalue weighted by molar-refractivity contribution is 5.03. The minimum atomic E-state index is -1.32. The molecule has 124 valence electrons. The van der Waals surface area contributed by atoms with Crippen LogP contribution in [0.1, 0.15) is 0 Å². The zero-order valence-corrected chi connectivity index (χ0v) is 11.6. The van der Waals surface area contributed by atoms with E-state index < -0.39 is 61.5 Å². The van der Waals surface area contributed by atoms with E-state index in [1.54, 1.807) is 0 Å². The lowest BCUT2D eigenvalue weighted by Gasteiger charge is -2.32. The Kier molecular flexibility index (Phi) is 5.52. The molecule has 2 aliphatic rings. The Morgan fingerprint density at radius 2 is 1.90 bits per heavy atom. The first kappa shape index (κ1) is 17.0. The lowest BCUT2D eigenvalue weighted by molar-refractivity contribution is -0.166. The van der Waals surface area contributed by atoms with E-state index in [9.17, 15) is 25.5 Å². The fourth-order valence-electron chi connectivity index (χ4n) is 3.04. The van der Waals surface area contributed by atoms with Gasteiger partial charge in [-0.2, -0.15) is 0 Å². The van der Waals surface area contributed by atoms with Gasteiger partial charge in [0.2, 0.25) is 0 Å². The van der Waals surface area contributed by atoms with Crippen LogP contribution < -0.4 is 5.32 Å². The number of hydrogen-bond donors (Lipinski definition) is 7. The summed E-state index contributed by atoms with van der Waals surface area (Å²) in [6, 6.07) is -0.882. The van der Waals surface area contributed by atoms with E-state index in [2.05, 4.69) is 5.32 Å². The first-order valence-electron chi connectivity index (χ1n) is 6.85. The summed E-state index contributed by atoms with van der Waals surface area (Å²) >= 11 is 0. The molecule has 0 amide bonds. The van der Waals surface area contributed by atoms with Gasteiger partial charge in [0, 0.05) is 19.6 Å². The molecular weight excluding hydrogens is 286 g/mol. The molecule has 0 unspecified atom stereocenters. The van der Waals surface area contributed by atoms with E-state index in [0.717, 1.165) is 0 Å². The molecule has 2 heterocycles. The Balaban J connectivity index is 2.17. The van der Waals surface area contributed by atoms with Gasteiger partial charge >= 0.3 is 0 Å². The number of rotatable bonds is 5. The second-order valence-electron chi connectivity index (χ2n) is 5.51. The van der Waals surface area contributed by atoms with Crippen molar-refractivity contribution in [1.82, 2.24) is 5.32 Å².